The first-order valence-corrected chi connectivity index (χ1v) is 12.4. The fourth-order valence-corrected chi connectivity index (χ4v) is 7.47. The van der Waals surface area contributed by atoms with E-state index in [0.717, 1.165) is 41.4 Å². The first-order valence-electron chi connectivity index (χ1n) is 12.4. The molecule has 8 unspecified atom stereocenters. The highest BCUT2D eigenvalue weighted by molar-refractivity contribution is 5.35. The van der Waals surface area contributed by atoms with Gasteiger partial charge in [-0.25, -0.2) is 0 Å². The van der Waals surface area contributed by atoms with E-state index < -0.39 is 0 Å². The van der Waals surface area contributed by atoms with Gasteiger partial charge in [0.15, 0.2) is 0 Å². The van der Waals surface area contributed by atoms with Crippen LogP contribution in [0, 0.1) is 52.8 Å². The summed E-state index contributed by atoms with van der Waals surface area (Å²) in [5, 5.41) is 0. The normalized spacial score (nSPS) is 42.5. The van der Waals surface area contributed by atoms with E-state index in [2.05, 4.69) is 65.8 Å². The van der Waals surface area contributed by atoms with E-state index in [1.165, 1.54) is 44.9 Å². The minimum absolute atomic E-state index is 0.528. The molecule has 0 N–H and O–H groups in total. The maximum absolute atomic E-state index is 2.66. The van der Waals surface area contributed by atoms with Gasteiger partial charge in [0.2, 0.25) is 0 Å². The Kier molecular flexibility index (Phi) is 5.71. The highest BCUT2D eigenvalue weighted by Crippen LogP contribution is 2.63. The minimum atomic E-state index is 0.528. The van der Waals surface area contributed by atoms with Gasteiger partial charge >= 0.3 is 0 Å². The van der Waals surface area contributed by atoms with E-state index in [0.29, 0.717) is 11.3 Å². The SMILES string of the molecule is CC1CCC2C(=CC=C3C2CCC2(C)C3CCC2C(C)/C=C/C(C)C(C)C)C1. The Morgan fingerprint density at radius 3 is 2.46 bits per heavy atom. The fourth-order valence-electron chi connectivity index (χ4n) is 7.47. The lowest BCUT2D eigenvalue weighted by Gasteiger charge is -2.51. The highest BCUT2D eigenvalue weighted by atomic mass is 14.6. The first-order chi connectivity index (χ1) is 13.3. The average Bonchev–Trinajstić information content (AvgIpc) is 3.02. The van der Waals surface area contributed by atoms with Crippen molar-refractivity contribution in [3.05, 3.63) is 35.5 Å². The van der Waals surface area contributed by atoms with Crippen molar-refractivity contribution in [1.29, 1.82) is 0 Å². The van der Waals surface area contributed by atoms with Crippen LogP contribution in [0.3, 0.4) is 0 Å². The van der Waals surface area contributed by atoms with Crippen LogP contribution in [0.1, 0.15) is 86.5 Å². The molecule has 0 aromatic heterocycles. The monoisotopic (exact) mass is 380 g/mol. The molecule has 4 aliphatic carbocycles. The zero-order valence-electron chi connectivity index (χ0n) is 19.4. The molecule has 0 saturated heterocycles. The second kappa shape index (κ2) is 7.81. The van der Waals surface area contributed by atoms with E-state index in [9.17, 15) is 0 Å². The Morgan fingerprint density at radius 2 is 1.71 bits per heavy atom. The number of fused-ring (bicyclic) bond motifs is 5. The molecule has 0 radical (unpaired) electrons. The van der Waals surface area contributed by atoms with E-state index in [1.807, 2.05) is 5.57 Å². The largest absolute Gasteiger partial charge is 0.0852 e. The van der Waals surface area contributed by atoms with Gasteiger partial charge in [0.1, 0.15) is 0 Å². The topological polar surface area (TPSA) is 0 Å². The van der Waals surface area contributed by atoms with Crippen molar-refractivity contribution in [1.82, 2.24) is 0 Å². The molecular weight excluding hydrogens is 336 g/mol. The Labute approximate surface area is 175 Å². The van der Waals surface area contributed by atoms with Crippen molar-refractivity contribution in [2.45, 2.75) is 86.5 Å². The summed E-state index contributed by atoms with van der Waals surface area (Å²) >= 11 is 0. The van der Waals surface area contributed by atoms with Gasteiger partial charge in [0.25, 0.3) is 0 Å². The quantitative estimate of drug-likeness (QED) is 0.431. The number of rotatable bonds is 4. The van der Waals surface area contributed by atoms with Crippen molar-refractivity contribution in [3.63, 3.8) is 0 Å². The predicted molar refractivity (Wildman–Crippen MR) is 122 cm³/mol. The third-order valence-corrected chi connectivity index (χ3v) is 9.64. The van der Waals surface area contributed by atoms with Crippen molar-refractivity contribution < 1.29 is 0 Å². The highest BCUT2D eigenvalue weighted by Gasteiger charge is 2.54. The summed E-state index contributed by atoms with van der Waals surface area (Å²) in [6, 6.07) is 0. The number of allylic oxidation sites excluding steroid dienone is 6. The molecule has 0 heterocycles. The summed E-state index contributed by atoms with van der Waals surface area (Å²) in [4.78, 5) is 0. The lowest BCUT2D eigenvalue weighted by Crippen LogP contribution is -2.42. The maximum atomic E-state index is 2.66. The lowest BCUT2D eigenvalue weighted by atomic mass is 9.54. The van der Waals surface area contributed by atoms with Crippen LogP contribution >= 0.6 is 0 Å². The first kappa shape index (κ1) is 20.5. The van der Waals surface area contributed by atoms with Gasteiger partial charge in [-0.15, -0.1) is 0 Å². The zero-order valence-corrected chi connectivity index (χ0v) is 19.4. The van der Waals surface area contributed by atoms with Gasteiger partial charge in [-0.05, 0) is 97.7 Å². The van der Waals surface area contributed by atoms with Crippen molar-refractivity contribution in [2.75, 3.05) is 0 Å². The molecule has 0 aliphatic heterocycles. The van der Waals surface area contributed by atoms with Crippen LogP contribution < -0.4 is 0 Å². The molecule has 0 amide bonds. The second-order valence-corrected chi connectivity index (χ2v) is 11.6. The molecule has 8 atom stereocenters. The maximum Gasteiger partial charge on any atom is -0.0131 e. The molecule has 3 fully saturated rings. The summed E-state index contributed by atoms with van der Waals surface area (Å²) in [5.41, 5.74) is 4.19. The molecule has 4 rings (SSSR count). The summed E-state index contributed by atoms with van der Waals surface area (Å²) in [6.07, 6.45) is 20.3. The van der Waals surface area contributed by atoms with Gasteiger partial charge in [-0.2, -0.15) is 0 Å². The van der Waals surface area contributed by atoms with Crippen LogP contribution in [-0.4, -0.2) is 0 Å². The molecule has 0 aromatic rings. The van der Waals surface area contributed by atoms with E-state index >= 15 is 0 Å². The molecule has 0 spiro atoms. The predicted octanol–water partition coefficient (Wildman–Crippen LogP) is 8.22. The standard InChI is InChI=1S/C28H44/c1-18(2)20(4)8-9-21(5)26-13-14-27-25-12-10-22-17-19(3)7-11-23(22)24(25)15-16-28(26,27)6/h8-10,12,18-21,23-24,26-27H,7,11,13-17H2,1-6H3/b9-8+. The second-order valence-electron chi connectivity index (χ2n) is 11.6. The zero-order chi connectivity index (χ0) is 20.1. The van der Waals surface area contributed by atoms with Crippen molar-refractivity contribution >= 4 is 0 Å². The van der Waals surface area contributed by atoms with Gasteiger partial charge in [-0.3, -0.25) is 0 Å². The van der Waals surface area contributed by atoms with E-state index in [1.54, 1.807) is 5.57 Å². The molecule has 0 heteroatoms. The minimum Gasteiger partial charge on any atom is -0.0852 e. The van der Waals surface area contributed by atoms with Crippen LogP contribution in [0.2, 0.25) is 0 Å². The molecule has 156 valence electrons. The number of hydrogen-bond acceptors (Lipinski definition) is 0. The third kappa shape index (κ3) is 3.48. The average molecular weight is 381 g/mol. The molecule has 0 aromatic carbocycles. The van der Waals surface area contributed by atoms with E-state index in [4.69, 9.17) is 0 Å². The fraction of sp³-hybridized carbons (Fsp3) is 0.786. The summed E-state index contributed by atoms with van der Waals surface area (Å²) in [6.45, 7) is 14.7. The van der Waals surface area contributed by atoms with Crippen LogP contribution in [0.25, 0.3) is 0 Å². The molecule has 4 aliphatic rings. The Bertz CT molecular complexity index is 662. The van der Waals surface area contributed by atoms with Crippen LogP contribution in [-0.2, 0) is 0 Å². The Balaban J connectivity index is 1.53. The summed E-state index contributed by atoms with van der Waals surface area (Å²) in [5.74, 6) is 6.57. The van der Waals surface area contributed by atoms with E-state index in [-0.39, 0.29) is 0 Å². The van der Waals surface area contributed by atoms with Crippen molar-refractivity contribution in [2.24, 2.45) is 52.8 Å². The van der Waals surface area contributed by atoms with Crippen LogP contribution in [0.5, 0.6) is 0 Å². The molecule has 0 bridgehead atoms. The van der Waals surface area contributed by atoms with Gasteiger partial charge in [0.05, 0.1) is 0 Å². The van der Waals surface area contributed by atoms with Gasteiger partial charge < -0.3 is 0 Å². The molecule has 3 saturated carbocycles. The smallest absolute Gasteiger partial charge is 0.0131 e. The summed E-state index contributed by atoms with van der Waals surface area (Å²) < 4.78 is 0. The molecule has 28 heavy (non-hydrogen) atoms. The van der Waals surface area contributed by atoms with Crippen LogP contribution in [0.15, 0.2) is 35.5 Å². The Hall–Kier alpha value is -0.780. The lowest BCUT2D eigenvalue weighted by molar-refractivity contribution is 0.0790. The number of hydrogen-bond donors (Lipinski definition) is 0. The van der Waals surface area contributed by atoms with Gasteiger partial charge in [-0.1, -0.05) is 77.0 Å². The van der Waals surface area contributed by atoms with Crippen molar-refractivity contribution in [3.8, 4) is 0 Å². The van der Waals surface area contributed by atoms with Crippen LogP contribution in [0.4, 0.5) is 0 Å². The molecule has 0 nitrogen and oxygen atoms in total. The van der Waals surface area contributed by atoms with Gasteiger partial charge in [0, 0.05) is 0 Å². The molecular formula is C28H44. The summed E-state index contributed by atoms with van der Waals surface area (Å²) in [7, 11) is 0. The Morgan fingerprint density at radius 1 is 0.929 bits per heavy atom. The third-order valence-electron chi connectivity index (χ3n) is 9.64.